The highest BCUT2D eigenvalue weighted by molar-refractivity contribution is 5.99. The monoisotopic (exact) mass is 369 g/mol. The van der Waals surface area contributed by atoms with Crippen molar-refractivity contribution in [3.05, 3.63) is 48.0 Å². The second kappa shape index (κ2) is 8.70. The fourth-order valence-corrected chi connectivity index (χ4v) is 3.56. The van der Waals surface area contributed by atoms with Crippen molar-refractivity contribution in [3.8, 4) is 0 Å². The van der Waals surface area contributed by atoms with Crippen LogP contribution in [0.3, 0.4) is 0 Å². The number of aromatic nitrogens is 2. The van der Waals surface area contributed by atoms with E-state index in [1.54, 1.807) is 18.3 Å². The summed E-state index contributed by atoms with van der Waals surface area (Å²) in [6, 6.07) is 5.30. The zero-order valence-corrected chi connectivity index (χ0v) is 15.9. The summed E-state index contributed by atoms with van der Waals surface area (Å²) in [6.07, 6.45) is 7.64. The third kappa shape index (κ3) is 4.67. The number of likely N-dealkylation sites (tertiary alicyclic amines) is 1. The number of nitrogens with zero attached hydrogens (tertiary/aromatic N) is 3. The molecule has 0 saturated carbocycles. The Morgan fingerprint density at radius 3 is 2.93 bits per heavy atom. The minimum atomic E-state index is -0.121. The minimum Gasteiger partial charge on any atom is -0.352 e. The number of urea groups is 1. The van der Waals surface area contributed by atoms with E-state index in [1.165, 1.54) is 0 Å². The molecular formula is C20H27N5O2. The van der Waals surface area contributed by atoms with E-state index in [-0.39, 0.29) is 11.9 Å². The topological polar surface area (TPSA) is 79.3 Å². The van der Waals surface area contributed by atoms with Crippen molar-refractivity contribution >= 4 is 17.6 Å². The Kier molecular flexibility index (Phi) is 6.11. The van der Waals surface area contributed by atoms with E-state index in [1.807, 2.05) is 37.3 Å². The number of piperidine rings is 1. The predicted octanol–water partition coefficient (Wildman–Crippen LogP) is 2.89. The van der Waals surface area contributed by atoms with Gasteiger partial charge >= 0.3 is 6.03 Å². The van der Waals surface area contributed by atoms with Crippen LogP contribution in [0.1, 0.15) is 35.7 Å². The lowest BCUT2D eigenvalue weighted by molar-refractivity contribution is 0.0955. The standard InChI is InChI=1S/C20H27N5O2/c1-3-22-19(26)17-7-4-8-18(15(17)2)23-20(27)25-10-5-6-16(13-25)12-24-11-9-21-14-24/h4,7-9,11,14,16H,3,5-6,10,12-13H2,1-2H3,(H,22,26)(H,23,27)/t16-/m0/s1. The molecule has 1 atom stereocenters. The molecule has 2 N–H and O–H groups in total. The van der Waals surface area contributed by atoms with Crippen LogP contribution in [0.2, 0.25) is 0 Å². The maximum absolute atomic E-state index is 12.8. The average molecular weight is 369 g/mol. The molecule has 1 saturated heterocycles. The van der Waals surface area contributed by atoms with E-state index < -0.39 is 0 Å². The first-order valence-corrected chi connectivity index (χ1v) is 9.48. The number of hydrogen-bond donors (Lipinski definition) is 2. The molecule has 1 aliphatic rings. The van der Waals surface area contributed by atoms with Crippen molar-refractivity contribution in [1.82, 2.24) is 19.8 Å². The molecule has 3 amide bonds. The fraction of sp³-hybridized carbons (Fsp3) is 0.450. The molecule has 27 heavy (non-hydrogen) atoms. The first kappa shape index (κ1) is 18.9. The Morgan fingerprint density at radius 2 is 2.19 bits per heavy atom. The van der Waals surface area contributed by atoms with Crippen LogP contribution in [0.5, 0.6) is 0 Å². The Hall–Kier alpha value is -2.83. The second-order valence-corrected chi connectivity index (χ2v) is 6.98. The fourth-order valence-electron chi connectivity index (χ4n) is 3.56. The first-order chi connectivity index (χ1) is 13.1. The van der Waals surface area contributed by atoms with Crippen molar-refractivity contribution in [2.75, 3.05) is 25.0 Å². The predicted molar refractivity (Wildman–Crippen MR) is 105 cm³/mol. The van der Waals surface area contributed by atoms with E-state index in [9.17, 15) is 9.59 Å². The maximum atomic E-state index is 12.8. The van der Waals surface area contributed by atoms with Crippen molar-refractivity contribution in [2.24, 2.45) is 5.92 Å². The molecule has 1 fully saturated rings. The quantitative estimate of drug-likeness (QED) is 0.850. The Balaban J connectivity index is 1.64. The van der Waals surface area contributed by atoms with Gasteiger partial charge in [0.05, 0.1) is 6.33 Å². The average Bonchev–Trinajstić information content (AvgIpc) is 3.17. The highest BCUT2D eigenvalue weighted by Gasteiger charge is 2.24. The maximum Gasteiger partial charge on any atom is 0.321 e. The van der Waals surface area contributed by atoms with Crippen LogP contribution in [0.15, 0.2) is 36.9 Å². The lowest BCUT2D eigenvalue weighted by Crippen LogP contribution is -2.43. The summed E-state index contributed by atoms with van der Waals surface area (Å²) in [5.41, 5.74) is 2.05. The van der Waals surface area contributed by atoms with E-state index in [0.717, 1.165) is 38.0 Å². The van der Waals surface area contributed by atoms with Gasteiger partial charge in [-0.3, -0.25) is 4.79 Å². The Bertz CT molecular complexity index is 788. The molecule has 7 nitrogen and oxygen atoms in total. The molecule has 3 rings (SSSR count). The summed E-state index contributed by atoms with van der Waals surface area (Å²) in [6.45, 7) is 6.66. The van der Waals surface area contributed by atoms with Crippen molar-refractivity contribution < 1.29 is 9.59 Å². The molecule has 0 aliphatic carbocycles. The van der Waals surface area contributed by atoms with Crippen LogP contribution in [0.4, 0.5) is 10.5 Å². The van der Waals surface area contributed by atoms with Gasteiger partial charge in [-0.15, -0.1) is 0 Å². The van der Waals surface area contributed by atoms with Crippen LogP contribution in [-0.2, 0) is 6.54 Å². The third-order valence-electron chi connectivity index (χ3n) is 4.99. The van der Waals surface area contributed by atoms with Crippen LogP contribution in [-0.4, -0.2) is 46.0 Å². The summed E-state index contributed by atoms with van der Waals surface area (Å²) in [4.78, 5) is 30.9. The molecule has 144 valence electrons. The van der Waals surface area contributed by atoms with Crippen LogP contribution >= 0.6 is 0 Å². The van der Waals surface area contributed by atoms with Gasteiger partial charge in [0.1, 0.15) is 0 Å². The molecule has 7 heteroatoms. The third-order valence-corrected chi connectivity index (χ3v) is 4.99. The smallest absolute Gasteiger partial charge is 0.321 e. The van der Waals surface area contributed by atoms with Gasteiger partial charge in [0, 0.05) is 49.8 Å². The number of carbonyl (C=O) groups excluding carboxylic acids is 2. The van der Waals surface area contributed by atoms with Gasteiger partial charge in [0.15, 0.2) is 0 Å². The van der Waals surface area contributed by atoms with Crippen molar-refractivity contribution in [3.63, 3.8) is 0 Å². The molecule has 0 spiro atoms. The number of carbonyl (C=O) groups is 2. The molecule has 1 aliphatic heterocycles. The lowest BCUT2D eigenvalue weighted by atomic mass is 9.98. The van der Waals surface area contributed by atoms with Gasteiger partial charge in [-0.1, -0.05) is 6.07 Å². The summed E-state index contributed by atoms with van der Waals surface area (Å²) in [5.74, 6) is 0.297. The van der Waals surface area contributed by atoms with E-state index in [0.29, 0.717) is 23.7 Å². The summed E-state index contributed by atoms with van der Waals surface area (Å²) < 4.78 is 2.06. The molecule has 2 heterocycles. The Morgan fingerprint density at radius 1 is 1.33 bits per heavy atom. The summed E-state index contributed by atoms with van der Waals surface area (Å²) >= 11 is 0. The normalized spacial score (nSPS) is 16.8. The number of rotatable bonds is 5. The molecule has 1 aromatic carbocycles. The van der Waals surface area contributed by atoms with Gasteiger partial charge in [-0.25, -0.2) is 9.78 Å². The van der Waals surface area contributed by atoms with Crippen LogP contribution in [0.25, 0.3) is 0 Å². The molecule has 0 bridgehead atoms. The van der Waals surface area contributed by atoms with E-state index >= 15 is 0 Å². The summed E-state index contributed by atoms with van der Waals surface area (Å²) in [7, 11) is 0. The van der Waals surface area contributed by atoms with Gasteiger partial charge in [-0.2, -0.15) is 0 Å². The molecule has 0 radical (unpaired) electrons. The van der Waals surface area contributed by atoms with Crippen LogP contribution < -0.4 is 10.6 Å². The lowest BCUT2D eigenvalue weighted by Gasteiger charge is -2.33. The number of imidazole rings is 1. The van der Waals surface area contributed by atoms with Gasteiger partial charge in [0.25, 0.3) is 5.91 Å². The Labute approximate surface area is 159 Å². The zero-order chi connectivity index (χ0) is 19.2. The molecule has 1 aromatic heterocycles. The van der Waals surface area contributed by atoms with Gasteiger partial charge < -0.3 is 20.1 Å². The minimum absolute atomic E-state index is 0.110. The first-order valence-electron chi connectivity index (χ1n) is 9.48. The van der Waals surface area contributed by atoms with Gasteiger partial charge in [-0.05, 0) is 50.3 Å². The van der Waals surface area contributed by atoms with E-state index in [2.05, 4.69) is 20.2 Å². The number of nitrogens with one attached hydrogen (secondary N) is 2. The van der Waals surface area contributed by atoms with Crippen molar-refractivity contribution in [2.45, 2.75) is 33.2 Å². The van der Waals surface area contributed by atoms with Gasteiger partial charge in [0.2, 0.25) is 0 Å². The highest BCUT2D eigenvalue weighted by Crippen LogP contribution is 2.22. The zero-order valence-electron chi connectivity index (χ0n) is 15.9. The number of anilines is 1. The largest absolute Gasteiger partial charge is 0.352 e. The van der Waals surface area contributed by atoms with Crippen LogP contribution in [0, 0.1) is 12.8 Å². The number of hydrogen-bond acceptors (Lipinski definition) is 3. The molecule has 0 unspecified atom stereocenters. The number of amides is 3. The highest BCUT2D eigenvalue weighted by atomic mass is 16.2. The molecule has 2 aromatic rings. The van der Waals surface area contributed by atoms with Crippen molar-refractivity contribution in [1.29, 1.82) is 0 Å². The SMILES string of the molecule is CCNC(=O)c1cccc(NC(=O)N2CCC[C@@H](Cn3ccnc3)C2)c1C. The van der Waals surface area contributed by atoms with E-state index in [4.69, 9.17) is 0 Å². The summed E-state index contributed by atoms with van der Waals surface area (Å²) in [5, 5.41) is 5.79. The second-order valence-electron chi connectivity index (χ2n) is 6.98. The molecular weight excluding hydrogens is 342 g/mol. The number of benzene rings is 1.